The molecule has 0 fully saturated rings. The van der Waals surface area contributed by atoms with Crippen molar-refractivity contribution in [3.8, 4) is 0 Å². The topological polar surface area (TPSA) is 94.1 Å². The van der Waals surface area contributed by atoms with Gasteiger partial charge in [0.1, 0.15) is 11.6 Å². The minimum Gasteiger partial charge on any atom is -0.383 e. The number of nitro groups is 1. The summed E-state index contributed by atoms with van der Waals surface area (Å²) in [5.74, 6) is 0.587. The maximum atomic E-state index is 10.7. The Morgan fingerprint density at radius 3 is 2.71 bits per heavy atom. The Morgan fingerprint density at radius 1 is 1.53 bits per heavy atom. The molecule has 0 aliphatic rings. The second-order valence-corrected chi connectivity index (χ2v) is 4.65. The predicted molar refractivity (Wildman–Crippen MR) is 67.9 cm³/mol. The molecular weight excluding hydrogens is 220 g/mol. The van der Waals surface area contributed by atoms with E-state index < -0.39 is 4.92 Å². The molecule has 0 spiro atoms. The highest BCUT2D eigenvalue weighted by molar-refractivity contribution is 5.53. The van der Waals surface area contributed by atoms with E-state index in [9.17, 15) is 10.1 Å². The molecule has 6 nitrogen and oxygen atoms in total. The van der Waals surface area contributed by atoms with Gasteiger partial charge in [-0.25, -0.2) is 4.98 Å². The highest BCUT2D eigenvalue weighted by atomic mass is 16.6. The minimum atomic E-state index is -0.476. The molecule has 1 heterocycles. The van der Waals surface area contributed by atoms with E-state index in [0.717, 1.165) is 12.8 Å². The van der Waals surface area contributed by atoms with Crippen LogP contribution in [0.3, 0.4) is 0 Å². The number of nitrogens with zero attached hydrogens (tertiary/aromatic N) is 2. The fraction of sp³-hybridized carbons (Fsp3) is 0.545. The van der Waals surface area contributed by atoms with Gasteiger partial charge >= 0.3 is 0 Å². The Labute approximate surface area is 100 Å². The summed E-state index contributed by atoms with van der Waals surface area (Å²) in [5.41, 5.74) is 5.32. The quantitative estimate of drug-likeness (QED) is 0.607. The van der Waals surface area contributed by atoms with Crippen LogP contribution in [-0.2, 0) is 0 Å². The summed E-state index contributed by atoms with van der Waals surface area (Å²) in [7, 11) is 0. The van der Waals surface area contributed by atoms with Crippen LogP contribution in [0.2, 0.25) is 0 Å². The van der Waals surface area contributed by atoms with Crippen LogP contribution in [-0.4, -0.2) is 15.4 Å². The normalized spacial score (nSPS) is 11.2. The van der Waals surface area contributed by atoms with E-state index in [1.165, 1.54) is 12.1 Å². The summed E-state index contributed by atoms with van der Waals surface area (Å²) in [4.78, 5) is 14.3. The molecular formula is C11H18N4O2. The van der Waals surface area contributed by atoms with E-state index >= 15 is 0 Å². The van der Waals surface area contributed by atoms with Gasteiger partial charge in [0.15, 0.2) is 0 Å². The first-order chi connectivity index (χ1) is 7.84. The molecule has 0 saturated carbocycles. The number of rotatable bonds is 5. The summed E-state index contributed by atoms with van der Waals surface area (Å²) >= 11 is 0. The molecule has 0 atom stereocenters. The maximum Gasteiger partial charge on any atom is 0.276 e. The third kappa shape index (κ3) is 3.90. The van der Waals surface area contributed by atoms with E-state index in [4.69, 9.17) is 5.73 Å². The Hall–Kier alpha value is -1.85. The highest BCUT2D eigenvalue weighted by Crippen LogP contribution is 2.23. The SMILES string of the molecule is CCCC(C)(C)Nc1cc([N+](=O)[O-])cc(N)n1. The second kappa shape index (κ2) is 4.99. The van der Waals surface area contributed by atoms with E-state index in [1.807, 2.05) is 13.8 Å². The van der Waals surface area contributed by atoms with Crippen molar-refractivity contribution in [1.82, 2.24) is 4.98 Å². The van der Waals surface area contributed by atoms with E-state index in [-0.39, 0.29) is 17.0 Å². The molecule has 0 unspecified atom stereocenters. The van der Waals surface area contributed by atoms with Crippen LogP contribution in [0.4, 0.5) is 17.3 Å². The van der Waals surface area contributed by atoms with Gasteiger partial charge in [-0.1, -0.05) is 13.3 Å². The van der Waals surface area contributed by atoms with Crippen LogP contribution in [0.15, 0.2) is 12.1 Å². The molecule has 0 bridgehead atoms. The predicted octanol–water partition coefficient (Wildman–Crippen LogP) is 2.56. The fourth-order valence-electron chi connectivity index (χ4n) is 1.74. The summed E-state index contributed by atoms with van der Waals surface area (Å²) < 4.78 is 0. The van der Waals surface area contributed by atoms with Crippen molar-refractivity contribution in [1.29, 1.82) is 0 Å². The smallest absolute Gasteiger partial charge is 0.276 e. The third-order valence-electron chi connectivity index (χ3n) is 2.38. The number of anilines is 2. The average molecular weight is 238 g/mol. The van der Waals surface area contributed by atoms with E-state index in [2.05, 4.69) is 17.2 Å². The molecule has 17 heavy (non-hydrogen) atoms. The van der Waals surface area contributed by atoms with Gasteiger partial charge in [-0.05, 0) is 20.3 Å². The first-order valence-electron chi connectivity index (χ1n) is 5.54. The van der Waals surface area contributed by atoms with Crippen molar-refractivity contribution < 1.29 is 4.92 Å². The van der Waals surface area contributed by atoms with Gasteiger partial charge in [0, 0.05) is 5.54 Å². The van der Waals surface area contributed by atoms with E-state index in [0.29, 0.717) is 5.82 Å². The van der Waals surface area contributed by atoms with Crippen LogP contribution < -0.4 is 11.1 Å². The monoisotopic (exact) mass is 238 g/mol. The number of nitrogens with one attached hydrogen (secondary N) is 1. The lowest BCUT2D eigenvalue weighted by Crippen LogP contribution is -2.31. The molecule has 1 aromatic rings. The standard InChI is InChI=1S/C11H18N4O2/c1-4-5-11(2,3)14-10-7-8(15(16)17)6-9(12)13-10/h6-7H,4-5H2,1-3H3,(H3,12,13,14). The largest absolute Gasteiger partial charge is 0.383 e. The van der Waals surface area contributed by atoms with Gasteiger partial charge in [0.05, 0.1) is 17.1 Å². The van der Waals surface area contributed by atoms with Crippen molar-refractivity contribution in [3.63, 3.8) is 0 Å². The van der Waals surface area contributed by atoms with Crippen LogP contribution in [0.5, 0.6) is 0 Å². The molecule has 0 aliphatic carbocycles. The summed E-state index contributed by atoms with van der Waals surface area (Å²) in [6, 6.07) is 2.64. The lowest BCUT2D eigenvalue weighted by molar-refractivity contribution is -0.384. The van der Waals surface area contributed by atoms with Gasteiger partial charge in [0.2, 0.25) is 0 Å². The minimum absolute atomic E-state index is 0.0488. The lowest BCUT2D eigenvalue weighted by Gasteiger charge is -2.26. The Kier molecular flexibility index (Phi) is 3.88. The molecule has 0 amide bonds. The first-order valence-corrected chi connectivity index (χ1v) is 5.54. The summed E-state index contributed by atoms with van der Waals surface area (Å²) in [5, 5.41) is 13.9. The zero-order valence-electron chi connectivity index (χ0n) is 10.4. The zero-order valence-corrected chi connectivity index (χ0v) is 10.4. The number of pyridine rings is 1. The van der Waals surface area contributed by atoms with Gasteiger partial charge in [0.25, 0.3) is 5.69 Å². The van der Waals surface area contributed by atoms with Crippen molar-refractivity contribution in [2.75, 3.05) is 11.1 Å². The third-order valence-corrected chi connectivity index (χ3v) is 2.38. The number of hydrogen-bond donors (Lipinski definition) is 2. The van der Waals surface area contributed by atoms with E-state index in [1.54, 1.807) is 0 Å². The van der Waals surface area contributed by atoms with Gasteiger partial charge in [-0.15, -0.1) is 0 Å². The summed E-state index contributed by atoms with van der Waals surface area (Å²) in [6.07, 6.45) is 1.96. The molecule has 3 N–H and O–H groups in total. The average Bonchev–Trinajstić information content (AvgIpc) is 2.15. The van der Waals surface area contributed by atoms with Gasteiger partial charge in [-0.2, -0.15) is 0 Å². The van der Waals surface area contributed by atoms with Crippen molar-refractivity contribution in [3.05, 3.63) is 22.2 Å². The van der Waals surface area contributed by atoms with Gasteiger partial charge < -0.3 is 11.1 Å². The molecule has 94 valence electrons. The number of aromatic nitrogens is 1. The Bertz CT molecular complexity index is 418. The molecule has 6 heteroatoms. The van der Waals surface area contributed by atoms with Crippen molar-refractivity contribution in [2.24, 2.45) is 0 Å². The second-order valence-electron chi connectivity index (χ2n) is 4.65. The Morgan fingerprint density at radius 2 is 2.18 bits per heavy atom. The number of nitrogens with two attached hydrogens (primary N) is 1. The lowest BCUT2D eigenvalue weighted by atomic mass is 9.99. The summed E-state index contributed by atoms with van der Waals surface area (Å²) in [6.45, 7) is 6.12. The van der Waals surface area contributed by atoms with Gasteiger partial charge in [-0.3, -0.25) is 10.1 Å². The van der Waals surface area contributed by atoms with Crippen molar-refractivity contribution >= 4 is 17.3 Å². The molecule has 1 rings (SSSR count). The maximum absolute atomic E-state index is 10.7. The zero-order chi connectivity index (χ0) is 13.1. The molecule has 0 radical (unpaired) electrons. The number of hydrogen-bond acceptors (Lipinski definition) is 5. The van der Waals surface area contributed by atoms with Crippen LogP contribution in [0, 0.1) is 10.1 Å². The highest BCUT2D eigenvalue weighted by Gasteiger charge is 2.18. The Balaban J connectivity index is 2.95. The first kappa shape index (κ1) is 13.2. The van der Waals surface area contributed by atoms with Crippen LogP contribution in [0.1, 0.15) is 33.6 Å². The molecule has 1 aromatic heterocycles. The molecule has 0 aliphatic heterocycles. The van der Waals surface area contributed by atoms with Crippen molar-refractivity contribution in [2.45, 2.75) is 39.2 Å². The van der Waals surface area contributed by atoms with Crippen LogP contribution >= 0.6 is 0 Å². The molecule has 0 saturated heterocycles. The number of nitrogen functional groups attached to an aromatic ring is 1. The van der Waals surface area contributed by atoms with Crippen LogP contribution in [0.25, 0.3) is 0 Å². The fourth-order valence-corrected chi connectivity index (χ4v) is 1.74. The molecule has 0 aromatic carbocycles.